The van der Waals surface area contributed by atoms with Gasteiger partial charge in [0.1, 0.15) is 0 Å². The summed E-state index contributed by atoms with van der Waals surface area (Å²) in [6, 6.07) is 0. The average molecular weight is 348 g/mol. The normalized spacial score (nSPS) is 22.9. The highest BCUT2D eigenvalue weighted by Gasteiger charge is 2.39. The Morgan fingerprint density at radius 1 is 0.810 bits per heavy atom. The first kappa shape index (κ1) is 18.4. The summed E-state index contributed by atoms with van der Waals surface area (Å²) in [6.07, 6.45) is 14.5. The summed E-state index contributed by atoms with van der Waals surface area (Å²) in [5.41, 5.74) is 0. The van der Waals surface area contributed by atoms with E-state index < -0.39 is 0 Å². The SMILES string of the molecule is CCSC(SC1CCCCC1)(SC1CCCCC1)N(C)C. The Hall–Kier alpha value is 1.01. The van der Waals surface area contributed by atoms with Crippen LogP contribution in [0.5, 0.6) is 0 Å². The van der Waals surface area contributed by atoms with Gasteiger partial charge in [0.05, 0.1) is 0 Å². The van der Waals surface area contributed by atoms with Crippen LogP contribution in [0.1, 0.15) is 71.1 Å². The Morgan fingerprint density at radius 3 is 1.57 bits per heavy atom. The summed E-state index contributed by atoms with van der Waals surface area (Å²) in [7, 11) is 4.60. The second kappa shape index (κ2) is 9.34. The predicted octanol–water partition coefficient (Wildman–Crippen LogP) is 6.04. The van der Waals surface area contributed by atoms with Crippen molar-refractivity contribution in [1.82, 2.24) is 4.90 Å². The van der Waals surface area contributed by atoms with E-state index in [9.17, 15) is 0 Å². The van der Waals surface area contributed by atoms with E-state index in [1.807, 2.05) is 0 Å². The average Bonchev–Trinajstić information content (AvgIpc) is 2.49. The topological polar surface area (TPSA) is 3.24 Å². The first-order valence-electron chi connectivity index (χ1n) is 8.83. The minimum Gasteiger partial charge on any atom is -0.278 e. The van der Waals surface area contributed by atoms with Crippen LogP contribution in [0.3, 0.4) is 0 Å². The van der Waals surface area contributed by atoms with Crippen molar-refractivity contribution in [3.63, 3.8) is 0 Å². The second-order valence-corrected chi connectivity index (χ2v) is 11.8. The first-order valence-corrected chi connectivity index (χ1v) is 11.6. The van der Waals surface area contributed by atoms with Gasteiger partial charge in [0.25, 0.3) is 0 Å². The molecule has 21 heavy (non-hydrogen) atoms. The molecule has 0 heterocycles. The summed E-state index contributed by atoms with van der Waals surface area (Å²) in [6.45, 7) is 2.33. The van der Waals surface area contributed by atoms with Crippen LogP contribution in [0.4, 0.5) is 0 Å². The van der Waals surface area contributed by atoms with E-state index in [1.54, 1.807) is 0 Å². The van der Waals surface area contributed by atoms with Crippen LogP contribution in [0.2, 0.25) is 0 Å². The minimum atomic E-state index is 0.249. The van der Waals surface area contributed by atoms with Crippen LogP contribution in [0, 0.1) is 0 Å². The Balaban J connectivity index is 2.03. The zero-order valence-corrected chi connectivity index (χ0v) is 16.6. The monoisotopic (exact) mass is 347 g/mol. The van der Waals surface area contributed by atoms with E-state index in [1.165, 1.54) is 70.0 Å². The largest absolute Gasteiger partial charge is 0.278 e. The summed E-state index contributed by atoms with van der Waals surface area (Å²) < 4.78 is 0.249. The maximum absolute atomic E-state index is 2.51. The van der Waals surface area contributed by atoms with E-state index in [0.29, 0.717) is 0 Å². The molecule has 0 aromatic rings. The molecule has 2 aliphatic carbocycles. The molecule has 1 nitrogen and oxygen atoms in total. The van der Waals surface area contributed by atoms with Crippen molar-refractivity contribution in [2.24, 2.45) is 0 Å². The zero-order valence-electron chi connectivity index (χ0n) is 14.1. The first-order chi connectivity index (χ1) is 10.2. The molecule has 0 radical (unpaired) electrons. The van der Waals surface area contributed by atoms with Crippen molar-refractivity contribution >= 4 is 35.3 Å². The van der Waals surface area contributed by atoms with Gasteiger partial charge in [-0.3, -0.25) is 4.90 Å². The zero-order chi connectivity index (χ0) is 15.1. The lowest BCUT2D eigenvalue weighted by atomic mass is 10.0. The van der Waals surface area contributed by atoms with Crippen LogP contribution in [0.25, 0.3) is 0 Å². The molecule has 4 heteroatoms. The van der Waals surface area contributed by atoms with Gasteiger partial charge in [0.2, 0.25) is 0 Å². The highest BCUT2D eigenvalue weighted by molar-refractivity contribution is 8.33. The molecular weight excluding hydrogens is 314 g/mol. The van der Waals surface area contributed by atoms with Gasteiger partial charge in [-0.2, -0.15) is 0 Å². The summed E-state index contributed by atoms with van der Waals surface area (Å²) in [5, 5.41) is 1.77. The van der Waals surface area contributed by atoms with Crippen molar-refractivity contribution in [2.45, 2.75) is 85.2 Å². The highest BCUT2D eigenvalue weighted by Crippen LogP contribution is 2.55. The van der Waals surface area contributed by atoms with Gasteiger partial charge in [-0.05, 0) is 45.5 Å². The van der Waals surface area contributed by atoms with Gasteiger partial charge < -0.3 is 0 Å². The van der Waals surface area contributed by atoms with Crippen molar-refractivity contribution in [2.75, 3.05) is 19.8 Å². The van der Waals surface area contributed by atoms with Crippen molar-refractivity contribution < 1.29 is 0 Å². The molecule has 0 bridgehead atoms. The van der Waals surface area contributed by atoms with Gasteiger partial charge in [0.15, 0.2) is 3.54 Å². The van der Waals surface area contributed by atoms with Crippen LogP contribution in [0.15, 0.2) is 0 Å². The Bertz CT molecular complexity index is 264. The fourth-order valence-corrected chi connectivity index (χ4v) is 9.54. The van der Waals surface area contributed by atoms with Gasteiger partial charge in [-0.1, -0.05) is 45.4 Å². The third-order valence-electron chi connectivity index (χ3n) is 4.61. The van der Waals surface area contributed by atoms with Crippen molar-refractivity contribution in [3.8, 4) is 0 Å². The quantitative estimate of drug-likeness (QED) is 0.516. The van der Waals surface area contributed by atoms with Crippen molar-refractivity contribution in [3.05, 3.63) is 0 Å². The van der Waals surface area contributed by atoms with Gasteiger partial charge in [-0.25, -0.2) is 0 Å². The molecule has 2 saturated carbocycles. The minimum absolute atomic E-state index is 0.249. The van der Waals surface area contributed by atoms with E-state index in [0.717, 1.165) is 10.5 Å². The molecule has 124 valence electrons. The summed E-state index contributed by atoms with van der Waals surface area (Å²) in [5.74, 6) is 1.22. The molecule has 2 fully saturated rings. The fourth-order valence-electron chi connectivity index (χ4n) is 3.41. The number of rotatable bonds is 7. The van der Waals surface area contributed by atoms with Gasteiger partial charge in [-0.15, -0.1) is 35.3 Å². The van der Waals surface area contributed by atoms with E-state index in [-0.39, 0.29) is 3.54 Å². The molecule has 2 aliphatic rings. The lowest BCUT2D eigenvalue weighted by Gasteiger charge is -2.43. The van der Waals surface area contributed by atoms with Gasteiger partial charge >= 0.3 is 0 Å². The number of nitrogens with zero attached hydrogens (tertiary/aromatic N) is 1. The highest BCUT2D eigenvalue weighted by atomic mass is 32.3. The van der Waals surface area contributed by atoms with Gasteiger partial charge in [0, 0.05) is 10.5 Å². The van der Waals surface area contributed by atoms with Crippen LogP contribution >= 0.6 is 35.3 Å². The lowest BCUT2D eigenvalue weighted by molar-refractivity contribution is 0.425. The molecule has 0 aromatic heterocycles. The Kier molecular flexibility index (Phi) is 8.16. The summed E-state index contributed by atoms with van der Waals surface area (Å²) >= 11 is 6.75. The van der Waals surface area contributed by atoms with Crippen LogP contribution < -0.4 is 0 Å². The Labute approximate surface area is 145 Å². The molecule has 0 amide bonds. The molecule has 0 aliphatic heterocycles. The molecular formula is C17H33NS3. The maximum Gasteiger partial charge on any atom is 0.162 e. The number of thioether (sulfide) groups is 3. The third kappa shape index (κ3) is 5.54. The molecule has 0 spiro atoms. The van der Waals surface area contributed by atoms with Crippen LogP contribution in [-0.4, -0.2) is 38.8 Å². The van der Waals surface area contributed by atoms with E-state index in [4.69, 9.17) is 0 Å². The molecule has 0 unspecified atom stereocenters. The molecule has 0 N–H and O–H groups in total. The van der Waals surface area contributed by atoms with E-state index >= 15 is 0 Å². The predicted molar refractivity (Wildman–Crippen MR) is 103 cm³/mol. The van der Waals surface area contributed by atoms with E-state index in [2.05, 4.69) is 61.2 Å². The fraction of sp³-hybridized carbons (Fsp3) is 1.00. The van der Waals surface area contributed by atoms with Crippen LogP contribution in [-0.2, 0) is 0 Å². The molecule has 2 rings (SSSR count). The third-order valence-corrected chi connectivity index (χ3v) is 10.4. The number of hydrogen-bond donors (Lipinski definition) is 0. The lowest BCUT2D eigenvalue weighted by Crippen LogP contribution is -2.39. The number of hydrogen-bond acceptors (Lipinski definition) is 4. The molecule has 0 aromatic carbocycles. The summed E-state index contributed by atoms with van der Waals surface area (Å²) in [4.78, 5) is 2.51. The molecule has 0 saturated heterocycles. The molecule has 0 atom stereocenters. The smallest absolute Gasteiger partial charge is 0.162 e. The standard InChI is InChI=1S/C17H33NS3/c1-4-19-17(18(2)3,20-15-11-7-5-8-12-15)21-16-13-9-6-10-14-16/h15-16H,4-14H2,1-3H3. The Morgan fingerprint density at radius 2 is 1.24 bits per heavy atom. The second-order valence-electron chi connectivity index (χ2n) is 6.61. The van der Waals surface area contributed by atoms with Crippen molar-refractivity contribution in [1.29, 1.82) is 0 Å². The maximum atomic E-state index is 2.51.